The second kappa shape index (κ2) is 9.83. The van der Waals surface area contributed by atoms with E-state index in [-0.39, 0.29) is 13.2 Å². The van der Waals surface area contributed by atoms with Crippen LogP contribution in [0.5, 0.6) is 11.5 Å². The topological polar surface area (TPSA) is 76.7 Å². The van der Waals surface area contributed by atoms with Gasteiger partial charge >= 0.3 is 0 Å². The minimum absolute atomic E-state index is 0.204. The largest absolute Gasteiger partial charge is 0.484 e. The monoisotopic (exact) mass is 390 g/mol. The van der Waals surface area contributed by atoms with Crippen LogP contribution in [0.1, 0.15) is 23.6 Å². The summed E-state index contributed by atoms with van der Waals surface area (Å²) in [7, 11) is 0. The third-order valence-corrected chi connectivity index (χ3v) is 4.39. The van der Waals surface area contributed by atoms with Crippen LogP contribution in [0.25, 0.3) is 0 Å². The predicted molar refractivity (Wildman–Crippen MR) is 104 cm³/mol. The Labute approximate surface area is 163 Å². The highest BCUT2D eigenvalue weighted by atomic mass is 35.5. The summed E-state index contributed by atoms with van der Waals surface area (Å²) in [5.74, 6) is 0.188. The molecular formula is C20H23ClN2O4. The molecule has 0 aliphatic carbocycles. The van der Waals surface area contributed by atoms with Gasteiger partial charge in [-0.3, -0.25) is 20.4 Å². The van der Waals surface area contributed by atoms with Crippen molar-refractivity contribution >= 4 is 23.4 Å². The number of benzene rings is 2. The number of carbonyl (C=O) groups excluding carboxylic acids is 2. The molecule has 2 aromatic rings. The molecule has 27 heavy (non-hydrogen) atoms. The zero-order chi connectivity index (χ0) is 19.8. The third kappa shape index (κ3) is 6.49. The number of hydrogen-bond donors (Lipinski definition) is 2. The predicted octanol–water partition coefficient (Wildman–Crippen LogP) is 3.12. The van der Waals surface area contributed by atoms with Gasteiger partial charge in [-0.15, -0.1) is 0 Å². The fraction of sp³-hybridized carbons (Fsp3) is 0.300. The normalized spacial score (nSPS) is 10.2. The first-order chi connectivity index (χ1) is 12.9. The Hall–Kier alpha value is -2.73. The molecule has 0 fully saturated rings. The minimum atomic E-state index is -0.485. The van der Waals surface area contributed by atoms with Gasteiger partial charge < -0.3 is 9.47 Å². The van der Waals surface area contributed by atoms with Crippen LogP contribution in [0, 0.1) is 13.8 Å². The molecule has 7 heteroatoms. The standard InChI is InChI=1S/C20H23ClN2O4/c1-4-15-6-5-7-16(10-15)26-11-18(24)22-23-19(25)12-27-17-8-13(2)20(21)14(3)9-17/h5-10H,4,11-12H2,1-3H3,(H,22,24)(H,23,25). The van der Waals surface area contributed by atoms with E-state index in [0.29, 0.717) is 16.5 Å². The Balaban J connectivity index is 1.72. The number of amides is 2. The highest BCUT2D eigenvalue weighted by Gasteiger charge is 2.08. The lowest BCUT2D eigenvalue weighted by atomic mass is 10.1. The Morgan fingerprint density at radius 3 is 2.04 bits per heavy atom. The number of ether oxygens (including phenoxy) is 2. The lowest BCUT2D eigenvalue weighted by Gasteiger charge is -2.11. The summed E-state index contributed by atoms with van der Waals surface area (Å²) >= 11 is 6.09. The molecule has 0 bridgehead atoms. The van der Waals surface area contributed by atoms with Crippen LogP contribution in [0.4, 0.5) is 0 Å². The zero-order valence-corrected chi connectivity index (χ0v) is 16.4. The van der Waals surface area contributed by atoms with Crippen molar-refractivity contribution in [2.75, 3.05) is 13.2 Å². The molecule has 2 aromatic carbocycles. The quantitative estimate of drug-likeness (QED) is 0.712. The van der Waals surface area contributed by atoms with Gasteiger partial charge in [0.05, 0.1) is 0 Å². The Kier molecular flexibility index (Phi) is 7.49. The van der Waals surface area contributed by atoms with Crippen LogP contribution in [0.15, 0.2) is 36.4 Å². The van der Waals surface area contributed by atoms with E-state index in [1.807, 2.05) is 39.0 Å². The lowest BCUT2D eigenvalue weighted by molar-refractivity contribution is -0.131. The fourth-order valence-corrected chi connectivity index (χ4v) is 2.46. The summed E-state index contributed by atoms with van der Waals surface area (Å²) in [6, 6.07) is 11.0. The number of aryl methyl sites for hydroxylation is 3. The molecule has 0 saturated heterocycles. The second-order valence-corrected chi connectivity index (χ2v) is 6.42. The summed E-state index contributed by atoms with van der Waals surface area (Å²) in [4.78, 5) is 23.6. The second-order valence-electron chi connectivity index (χ2n) is 6.05. The molecule has 2 amide bonds. The van der Waals surface area contributed by atoms with E-state index in [9.17, 15) is 9.59 Å². The Bertz CT molecular complexity index is 800. The molecule has 0 atom stereocenters. The Morgan fingerprint density at radius 2 is 1.48 bits per heavy atom. The van der Waals surface area contributed by atoms with E-state index in [1.165, 1.54) is 0 Å². The molecule has 6 nitrogen and oxygen atoms in total. The number of hydrazine groups is 1. The molecule has 144 valence electrons. The average molecular weight is 391 g/mol. The van der Waals surface area contributed by atoms with Crippen LogP contribution in [-0.4, -0.2) is 25.0 Å². The molecule has 0 aliphatic heterocycles. The van der Waals surface area contributed by atoms with Gasteiger partial charge in [-0.1, -0.05) is 30.7 Å². The molecule has 2 rings (SSSR count). The first-order valence-electron chi connectivity index (χ1n) is 8.58. The molecular weight excluding hydrogens is 368 g/mol. The maximum atomic E-state index is 11.8. The van der Waals surface area contributed by atoms with E-state index in [1.54, 1.807) is 18.2 Å². The third-order valence-electron chi connectivity index (χ3n) is 3.80. The van der Waals surface area contributed by atoms with Crippen LogP contribution >= 0.6 is 11.6 Å². The SMILES string of the molecule is CCc1cccc(OCC(=O)NNC(=O)COc2cc(C)c(Cl)c(C)c2)c1. The van der Waals surface area contributed by atoms with Gasteiger partial charge in [0.25, 0.3) is 11.8 Å². The molecule has 0 saturated carbocycles. The zero-order valence-electron chi connectivity index (χ0n) is 15.6. The van der Waals surface area contributed by atoms with E-state index in [0.717, 1.165) is 23.1 Å². The summed E-state index contributed by atoms with van der Waals surface area (Å²) < 4.78 is 10.8. The van der Waals surface area contributed by atoms with Gasteiger partial charge in [0.2, 0.25) is 0 Å². The van der Waals surface area contributed by atoms with Crippen molar-refractivity contribution in [1.82, 2.24) is 10.9 Å². The molecule has 0 radical (unpaired) electrons. The van der Waals surface area contributed by atoms with E-state index < -0.39 is 11.8 Å². The first-order valence-corrected chi connectivity index (χ1v) is 8.95. The summed E-state index contributed by atoms with van der Waals surface area (Å²) in [5, 5.41) is 0.670. The average Bonchev–Trinajstić information content (AvgIpc) is 2.67. The van der Waals surface area contributed by atoms with Gasteiger partial charge in [-0.25, -0.2) is 0 Å². The number of carbonyl (C=O) groups is 2. The van der Waals surface area contributed by atoms with Gasteiger partial charge in [0.15, 0.2) is 13.2 Å². The van der Waals surface area contributed by atoms with E-state index in [4.69, 9.17) is 21.1 Å². The highest BCUT2D eigenvalue weighted by molar-refractivity contribution is 6.32. The maximum Gasteiger partial charge on any atom is 0.276 e. The van der Waals surface area contributed by atoms with Crippen molar-refractivity contribution in [3.8, 4) is 11.5 Å². The fourth-order valence-electron chi connectivity index (χ4n) is 2.35. The summed E-state index contributed by atoms with van der Waals surface area (Å²) in [6.45, 7) is 5.32. The number of rotatable bonds is 7. The van der Waals surface area contributed by atoms with Crippen LogP contribution in [-0.2, 0) is 16.0 Å². The highest BCUT2D eigenvalue weighted by Crippen LogP contribution is 2.25. The van der Waals surface area contributed by atoms with Crippen LogP contribution < -0.4 is 20.3 Å². The maximum absolute atomic E-state index is 11.8. The van der Waals surface area contributed by atoms with Gasteiger partial charge in [0, 0.05) is 5.02 Å². The molecule has 0 unspecified atom stereocenters. The smallest absolute Gasteiger partial charge is 0.276 e. The Morgan fingerprint density at radius 1 is 0.926 bits per heavy atom. The first kappa shape index (κ1) is 20.6. The number of halogens is 1. The molecule has 0 heterocycles. The molecule has 0 spiro atoms. The van der Waals surface area contributed by atoms with Crippen molar-refractivity contribution in [1.29, 1.82) is 0 Å². The summed E-state index contributed by atoms with van der Waals surface area (Å²) in [6.07, 6.45) is 0.881. The summed E-state index contributed by atoms with van der Waals surface area (Å²) in [5.41, 5.74) is 7.41. The number of hydrogen-bond acceptors (Lipinski definition) is 4. The van der Waals surface area contributed by atoms with Crippen LogP contribution in [0.2, 0.25) is 5.02 Å². The van der Waals surface area contributed by atoms with E-state index >= 15 is 0 Å². The van der Waals surface area contributed by atoms with Gasteiger partial charge in [-0.2, -0.15) is 0 Å². The van der Waals surface area contributed by atoms with Crippen molar-refractivity contribution in [2.24, 2.45) is 0 Å². The van der Waals surface area contributed by atoms with Crippen LogP contribution in [0.3, 0.4) is 0 Å². The van der Waals surface area contributed by atoms with Crippen molar-refractivity contribution < 1.29 is 19.1 Å². The molecule has 2 N–H and O–H groups in total. The van der Waals surface area contributed by atoms with E-state index in [2.05, 4.69) is 10.9 Å². The van der Waals surface area contributed by atoms with Gasteiger partial charge in [0.1, 0.15) is 11.5 Å². The van der Waals surface area contributed by atoms with Gasteiger partial charge in [-0.05, 0) is 61.2 Å². The van der Waals surface area contributed by atoms with Crippen molar-refractivity contribution in [3.63, 3.8) is 0 Å². The van der Waals surface area contributed by atoms with Crippen molar-refractivity contribution in [2.45, 2.75) is 27.2 Å². The molecule has 0 aliphatic rings. The minimum Gasteiger partial charge on any atom is -0.484 e. The number of nitrogens with one attached hydrogen (secondary N) is 2. The molecule has 0 aromatic heterocycles. The van der Waals surface area contributed by atoms with Crippen molar-refractivity contribution in [3.05, 3.63) is 58.1 Å². The lowest BCUT2D eigenvalue weighted by Crippen LogP contribution is -2.45.